The predicted molar refractivity (Wildman–Crippen MR) is 69.5 cm³/mol. The molecule has 0 nitrogen and oxygen atoms in total. The van der Waals surface area contributed by atoms with E-state index in [9.17, 15) is 0 Å². The SMILES string of the molecule is C#C/C(=C\C=C(\C=C)CC)C(C)=C(C)C. The lowest BCUT2D eigenvalue weighted by Gasteiger charge is -2.02. The summed E-state index contributed by atoms with van der Waals surface area (Å²) in [5.74, 6) is 2.71. The van der Waals surface area contributed by atoms with E-state index < -0.39 is 0 Å². The Labute approximate surface area is 94.1 Å². The van der Waals surface area contributed by atoms with Gasteiger partial charge in [0, 0.05) is 5.57 Å². The van der Waals surface area contributed by atoms with Crippen LogP contribution in [0.4, 0.5) is 0 Å². The maximum atomic E-state index is 5.47. The van der Waals surface area contributed by atoms with Crippen LogP contribution in [-0.2, 0) is 0 Å². The van der Waals surface area contributed by atoms with Crippen LogP contribution in [0.3, 0.4) is 0 Å². The van der Waals surface area contributed by atoms with E-state index in [-0.39, 0.29) is 0 Å². The molecular formula is C15H20. The second kappa shape index (κ2) is 6.90. The molecule has 0 heterocycles. The molecule has 0 aliphatic rings. The van der Waals surface area contributed by atoms with Gasteiger partial charge in [0.2, 0.25) is 0 Å². The van der Waals surface area contributed by atoms with Crippen LogP contribution in [0.25, 0.3) is 0 Å². The van der Waals surface area contributed by atoms with Crippen molar-refractivity contribution in [2.75, 3.05) is 0 Å². The van der Waals surface area contributed by atoms with Crippen molar-refractivity contribution in [1.29, 1.82) is 0 Å². The zero-order valence-electron chi connectivity index (χ0n) is 10.2. The molecule has 0 aromatic rings. The average Bonchev–Trinajstić information content (AvgIpc) is 2.24. The lowest BCUT2D eigenvalue weighted by molar-refractivity contribution is 1.15. The standard InChI is InChI=1S/C15H20/c1-7-14(8-2)10-11-15(9-3)13(6)12(4)5/h3,7,10-11H,1,8H2,2,4-6H3/b14-10-,15-11+. The monoisotopic (exact) mass is 200 g/mol. The third-order valence-corrected chi connectivity index (χ3v) is 2.44. The van der Waals surface area contributed by atoms with Gasteiger partial charge in [-0.15, -0.1) is 6.42 Å². The zero-order chi connectivity index (χ0) is 11.8. The first-order chi connectivity index (χ1) is 7.06. The van der Waals surface area contributed by atoms with E-state index in [0.717, 1.165) is 12.0 Å². The highest BCUT2D eigenvalue weighted by atomic mass is 14.0. The molecule has 0 aromatic heterocycles. The van der Waals surface area contributed by atoms with Crippen molar-refractivity contribution in [3.8, 4) is 12.3 Å². The van der Waals surface area contributed by atoms with Gasteiger partial charge in [-0.3, -0.25) is 0 Å². The Kier molecular flexibility index (Phi) is 6.22. The summed E-state index contributed by atoms with van der Waals surface area (Å²) < 4.78 is 0. The highest BCUT2D eigenvalue weighted by molar-refractivity contribution is 5.47. The molecular weight excluding hydrogens is 180 g/mol. The molecule has 0 bridgehead atoms. The molecule has 0 aromatic carbocycles. The number of terminal acetylenes is 1. The Balaban J connectivity index is 5.11. The minimum absolute atomic E-state index is 0.947. The van der Waals surface area contributed by atoms with Crippen LogP contribution in [-0.4, -0.2) is 0 Å². The fourth-order valence-corrected chi connectivity index (χ4v) is 1.07. The van der Waals surface area contributed by atoms with Gasteiger partial charge in [0.1, 0.15) is 0 Å². The molecule has 80 valence electrons. The summed E-state index contributed by atoms with van der Waals surface area (Å²) in [5.41, 5.74) is 4.57. The van der Waals surface area contributed by atoms with Crippen molar-refractivity contribution in [2.45, 2.75) is 34.1 Å². The molecule has 0 amide bonds. The van der Waals surface area contributed by atoms with E-state index in [0.29, 0.717) is 0 Å². The fraction of sp³-hybridized carbons (Fsp3) is 0.333. The molecule has 0 heteroatoms. The third kappa shape index (κ3) is 4.51. The Morgan fingerprint density at radius 2 is 1.87 bits per heavy atom. The number of hydrogen-bond acceptors (Lipinski definition) is 0. The summed E-state index contributed by atoms with van der Waals surface area (Å²) in [6, 6.07) is 0. The van der Waals surface area contributed by atoms with Gasteiger partial charge in [-0.2, -0.15) is 0 Å². The van der Waals surface area contributed by atoms with Crippen molar-refractivity contribution in [3.63, 3.8) is 0 Å². The molecule has 0 spiro atoms. The molecule has 0 N–H and O–H groups in total. The number of hydrogen-bond donors (Lipinski definition) is 0. The first-order valence-electron chi connectivity index (χ1n) is 5.21. The van der Waals surface area contributed by atoms with Crippen LogP contribution in [0.15, 0.2) is 47.1 Å². The van der Waals surface area contributed by atoms with Gasteiger partial charge in [-0.1, -0.05) is 37.1 Å². The van der Waals surface area contributed by atoms with Crippen molar-refractivity contribution < 1.29 is 0 Å². The molecule has 0 atom stereocenters. The van der Waals surface area contributed by atoms with Crippen molar-refractivity contribution >= 4 is 0 Å². The van der Waals surface area contributed by atoms with E-state index in [2.05, 4.69) is 33.3 Å². The van der Waals surface area contributed by atoms with E-state index in [1.165, 1.54) is 16.7 Å². The third-order valence-electron chi connectivity index (χ3n) is 2.44. The quantitative estimate of drug-likeness (QED) is 0.465. The minimum atomic E-state index is 0.947. The van der Waals surface area contributed by atoms with Gasteiger partial charge in [-0.05, 0) is 44.4 Å². The highest BCUT2D eigenvalue weighted by Crippen LogP contribution is 2.14. The summed E-state index contributed by atoms with van der Waals surface area (Å²) in [6.07, 6.45) is 12.3. The first-order valence-corrected chi connectivity index (χ1v) is 5.21. The van der Waals surface area contributed by atoms with Crippen molar-refractivity contribution in [2.24, 2.45) is 0 Å². The molecule has 0 unspecified atom stereocenters. The molecule has 0 aliphatic carbocycles. The first kappa shape index (κ1) is 13.5. The van der Waals surface area contributed by atoms with Gasteiger partial charge in [0.15, 0.2) is 0 Å². The average molecular weight is 200 g/mol. The van der Waals surface area contributed by atoms with E-state index in [4.69, 9.17) is 6.42 Å². The molecule has 15 heavy (non-hydrogen) atoms. The topological polar surface area (TPSA) is 0 Å². The van der Waals surface area contributed by atoms with Crippen LogP contribution in [0.1, 0.15) is 34.1 Å². The van der Waals surface area contributed by atoms with E-state index in [1.54, 1.807) is 0 Å². The van der Waals surface area contributed by atoms with Crippen molar-refractivity contribution in [1.82, 2.24) is 0 Å². The van der Waals surface area contributed by atoms with Gasteiger partial charge in [-0.25, -0.2) is 0 Å². The van der Waals surface area contributed by atoms with Gasteiger partial charge < -0.3 is 0 Å². The highest BCUT2D eigenvalue weighted by Gasteiger charge is 1.96. The Morgan fingerprint density at radius 1 is 1.27 bits per heavy atom. The molecule has 0 saturated carbocycles. The largest absolute Gasteiger partial charge is 0.115 e. The predicted octanol–water partition coefficient (Wildman–Crippen LogP) is 4.42. The fourth-order valence-electron chi connectivity index (χ4n) is 1.07. The Hall–Kier alpha value is -1.48. The number of allylic oxidation sites excluding steroid dienone is 7. The molecule has 0 rings (SSSR count). The second-order valence-corrected chi connectivity index (χ2v) is 3.65. The molecule has 0 aliphatic heterocycles. The van der Waals surface area contributed by atoms with Gasteiger partial charge >= 0.3 is 0 Å². The van der Waals surface area contributed by atoms with Crippen LogP contribution in [0, 0.1) is 12.3 Å². The lowest BCUT2D eigenvalue weighted by atomic mass is 10.0. The second-order valence-electron chi connectivity index (χ2n) is 3.65. The molecule has 0 fully saturated rings. The molecule has 0 saturated heterocycles. The number of rotatable bonds is 4. The smallest absolute Gasteiger partial charge is 0.0271 e. The Morgan fingerprint density at radius 3 is 2.20 bits per heavy atom. The summed E-state index contributed by atoms with van der Waals surface area (Å²) >= 11 is 0. The zero-order valence-corrected chi connectivity index (χ0v) is 10.2. The summed E-state index contributed by atoms with van der Waals surface area (Å²) in [5, 5.41) is 0. The maximum Gasteiger partial charge on any atom is 0.0271 e. The summed E-state index contributed by atoms with van der Waals surface area (Å²) in [6.45, 7) is 12.0. The normalized spacial score (nSPS) is 11.9. The van der Waals surface area contributed by atoms with Crippen LogP contribution >= 0.6 is 0 Å². The molecule has 0 radical (unpaired) electrons. The summed E-state index contributed by atoms with van der Waals surface area (Å²) in [4.78, 5) is 0. The van der Waals surface area contributed by atoms with E-state index in [1.807, 2.05) is 25.2 Å². The lowest BCUT2D eigenvalue weighted by Crippen LogP contribution is -1.84. The minimum Gasteiger partial charge on any atom is -0.115 e. The van der Waals surface area contributed by atoms with Gasteiger partial charge in [0.25, 0.3) is 0 Å². The van der Waals surface area contributed by atoms with Crippen LogP contribution in [0.2, 0.25) is 0 Å². The van der Waals surface area contributed by atoms with Crippen LogP contribution < -0.4 is 0 Å². The summed E-state index contributed by atoms with van der Waals surface area (Å²) in [7, 11) is 0. The van der Waals surface area contributed by atoms with Crippen LogP contribution in [0.5, 0.6) is 0 Å². The Bertz CT molecular complexity index is 350. The van der Waals surface area contributed by atoms with E-state index >= 15 is 0 Å². The maximum absolute atomic E-state index is 5.47. The van der Waals surface area contributed by atoms with Crippen molar-refractivity contribution in [3.05, 3.63) is 47.1 Å². The van der Waals surface area contributed by atoms with Gasteiger partial charge in [0.05, 0.1) is 0 Å².